The molecule has 19 heavy (non-hydrogen) atoms. The topological polar surface area (TPSA) is 40.5 Å². The van der Waals surface area contributed by atoms with Crippen LogP contribution in [-0.4, -0.2) is 29.1 Å². The van der Waals surface area contributed by atoms with Crippen molar-refractivity contribution in [1.82, 2.24) is 4.90 Å². The number of carboxylic acids is 1. The second kappa shape index (κ2) is 7.29. The summed E-state index contributed by atoms with van der Waals surface area (Å²) in [4.78, 5) is 13.0. The molecule has 0 bridgehead atoms. The van der Waals surface area contributed by atoms with E-state index >= 15 is 0 Å². The Labute approximate surface area is 116 Å². The van der Waals surface area contributed by atoms with E-state index in [0.29, 0.717) is 5.92 Å². The Morgan fingerprint density at radius 1 is 1.21 bits per heavy atom. The first-order chi connectivity index (χ1) is 8.93. The third-order valence-corrected chi connectivity index (χ3v) is 3.36. The second-order valence-electron chi connectivity index (χ2n) is 5.49. The van der Waals surface area contributed by atoms with Crippen molar-refractivity contribution in [3.63, 3.8) is 0 Å². The molecule has 0 saturated heterocycles. The van der Waals surface area contributed by atoms with Crippen molar-refractivity contribution in [3.8, 4) is 0 Å². The van der Waals surface area contributed by atoms with Gasteiger partial charge < -0.3 is 5.11 Å². The molecule has 1 unspecified atom stereocenters. The van der Waals surface area contributed by atoms with Gasteiger partial charge in [-0.1, -0.05) is 45.0 Å². The highest BCUT2D eigenvalue weighted by atomic mass is 16.4. The molecule has 0 aliphatic carbocycles. The van der Waals surface area contributed by atoms with E-state index in [1.54, 1.807) is 0 Å². The van der Waals surface area contributed by atoms with Crippen LogP contribution in [0.3, 0.4) is 0 Å². The Kier molecular flexibility index (Phi) is 6.03. The van der Waals surface area contributed by atoms with E-state index in [9.17, 15) is 4.79 Å². The van der Waals surface area contributed by atoms with Crippen LogP contribution in [0.15, 0.2) is 24.3 Å². The van der Waals surface area contributed by atoms with Gasteiger partial charge in [-0.3, -0.25) is 9.69 Å². The van der Waals surface area contributed by atoms with Crippen molar-refractivity contribution in [2.45, 2.75) is 40.2 Å². The first-order valence-corrected chi connectivity index (χ1v) is 6.98. The van der Waals surface area contributed by atoms with Gasteiger partial charge >= 0.3 is 5.97 Å². The van der Waals surface area contributed by atoms with Crippen molar-refractivity contribution in [1.29, 1.82) is 0 Å². The van der Waals surface area contributed by atoms with E-state index in [1.165, 1.54) is 11.1 Å². The van der Waals surface area contributed by atoms with E-state index in [0.717, 1.165) is 13.0 Å². The third kappa shape index (κ3) is 5.03. The predicted octanol–water partition coefficient (Wildman–Crippen LogP) is 3.35. The largest absolute Gasteiger partial charge is 0.480 e. The summed E-state index contributed by atoms with van der Waals surface area (Å²) in [5.41, 5.74) is 2.49. The number of rotatable bonds is 7. The fourth-order valence-corrected chi connectivity index (χ4v) is 2.25. The maximum absolute atomic E-state index is 11.0. The summed E-state index contributed by atoms with van der Waals surface area (Å²) in [6.45, 7) is 9.32. The van der Waals surface area contributed by atoms with Crippen LogP contribution in [0.2, 0.25) is 0 Å². The molecule has 0 aromatic heterocycles. The van der Waals surface area contributed by atoms with Gasteiger partial charge in [-0.2, -0.15) is 0 Å². The zero-order chi connectivity index (χ0) is 14.4. The molecule has 0 heterocycles. The molecule has 1 rings (SSSR count). The van der Waals surface area contributed by atoms with Gasteiger partial charge in [0.2, 0.25) is 0 Å². The number of hydrogen-bond acceptors (Lipinski definition) is 2. The average molecular weight is 263 g/mol. The number of aliphatic carboxylic acids is 1. The van der Waals surface area contributed by atoms with Crippen molar-refractivity contribution in [2.24, 2.45) is 5.92 Å². The average Bonchev–Trinajstić information content (AvgIpc) is 2.36. The zero-order valence-electron chi connectivity index (χ0n) is 12.4. The molecule has 0 aliphatic rings. The number of hydrogen-bond donors (Lipinski definition) is 1. The van der Waals surface area contributed by atoms with E-state index in [4.69, 9.17) is 5.11 Å². The van der Waals surface area contributed by atoms with E-state index in [1.807, 2.05) is 4.90 Å². The molecule has 0 saturated carbocycles. The number of carboxylic acid groups (broad SMARTS) is 1. The summed E-state index contributed by atoms with van der Waals surface area (Å²) in [5.74, 6) is -0.311. The molecule has 1 N–H and O–H groups in total. The van der Waals surface area contributed by atoms with Crippen LogP contribution in [0, 0.1) is 5.92 Å². The van der Waals surface area contributed by atoms with Crippen LogP contribution in [0.5, 0.6) is 0 Å². The van der Waals surface area contributed by atoms with Crippen LogP contribution < -0.4 is 0 Å². The predicted molar refractivity (Wildman–Crippen MR) is 78.3 cm³/mol. The quantitative estimate of drug-likeness (QED) is 0.820. The monoisotopic (exact) mass is 263 g/mol. The maximum atomic E-state index is 11.0. The highest BCUT2D eigenvalue weighted by Crippen LogP contribution is 2.21. The lowest BCUT2D eigenvalue weighted by Gasteiger charge is -2.29. The minimum atomic E-state index is -0.766. The molecule has 1 aromatic carbocycles. The van der Waals surface area contributed by atoms with Gasteiger partial charge in [0.1, 0.15) is 0 Å². The zero-order valence-corrected chi connectivity index (χ0v) is 12.4. The standard InChI is InChI=1S/C16H25NO2/c1-5-14-6-8-15(9-7-14)13(4)17(10-12(2)3)11-16(18)19/h6-9,12-13H,5,10-11H2,1-4H3,(H,18,19). The van der Waals surface area contributed by atoms with Crippen LogP contribution >= 0.6 is 0 Å². The number of carbonyl (C=O) groups is 1. The molecule has 3 heteroatoms. The summed E-state index contributed by atoms with van der Waals surface area (Å²) in [6.07, 6.45) is 1.03. The molecule has 1 aromatic rings. The molecule has 106 valence electrons. The minimum absolute atomic E-state index is 0.0921. The van der Waals surface area contributed by atoms with Crippen molar-refractivity contribution in [3.05, 3.63) is 35.4 Å². The lowest BCUT2D eigenvalue weighted by Crippen LogP contribution is -2.35. The van der Waals surface area contributed by atoms with Crippen LogP contribution in [0.1, 0.15) is 44.9 Å². The highest BCUT2D eigenvalue weighted by molar-refractivity contribution is 5.69. The Bertz CT molecular complexity index is 398. The molecule has 3 nitrogen and oxygen atoms in total. The molecular weight excluding hydrogens is 238 g/mol. The summed E-state index contributed by atoms with van der Waals surface area (Å²) < 4.78 is 0. The Morgan fingerprint density at radius 3 is 2.21 bits per heavy atom. The Morgan fingerprint density at radius 2 is 1.79 bits per heavy atom. The first-order valence-electron chi connectivity index (χ1n) is 6.98. The van der Waals surface area contributed by atoms with Crippen molar-refractivity contribution >= 4 is 5.97 Å². The molecule has 0 aliphatic heterocycles. The number of aryl methyl sites for hydroxylation is 1. The molecule has 0 radical (unpaired) electrons. The lowest BCUT2D eigenvalue weighted by molar-refractivity contribution is -0.139. The van der Waals surface area contributed by atoms with Gasteiger partial charge in [-0.05, 0) is 30.4 Å². The summed E-state index contributed by atoms with van der Waals surface area (Å²) in [6, 6.07) is 8.60. The molecule has 1 atom stereocenters. The van der Waals surface area contributed by atoms with E-state index in [2.05, 4.69) is 52.0 Å². The fraction of sp³-hybridized carbons (Fsp3) is 0.562. The summed E-state index contributed by atoms with van der Waals surface area (Å²) in [5, 5.41) is 9.03. The highest BCUT2D eigenvalue weighted by Gasteiger charge is 2.19. The number of benzene rings is 1. The van der Waals surface area contributed by atoms with Gasteiger partial charge in [0, 0.05) is 12.6 Å². The van der Waals surface area contributed by atoms with Crippen molar-refractivity contribution < 1.29 is 9.90 Å². The molecule has 0 amide bonds. The first kappa shape index (κ1) is 15.7. The smallest absolute Gasteiger partial charge is 0.317 e. The van der Waals surface area contributed by atoms with Crippen LogP contribution in [0.25, 0.3) is 0 Å². The lowest BCUT2D eigenvalue weighted by atomic mass is 10.0. The van der Waals surface area contributed by atoms with Crippen LogP contribution in [0.4, 0.5) is 0 Å². The van der Waals surface area contributed by atoms with Crippen LogP contribution in [-0.2, 0) is 11.2 Å². The third-order valence-electron chi connectivity index (χ3n) is 3.36. The van der Waals surface area contributed by atoms with Gasteiger partial charge in [-0.15, -0.1) is 0 Å². The van der Waals surface area contributed by atoms with Gasteiger partial charge in [0.25, 0.3) is 0 Å². The van der Waals surface area contributed by atoms with Gasteiger partial charge in [0.15, 0.2) is 0 Å². The fourth-order valence-electron chi connectivity index (χ4n) is 2.25. The summed E-state index contributed by atoms with van der Waals surface area (Å²) in [7, 11) is 0. The Balaban J connectivity index is 2.83. The van der Waals surface area contributed by atoms with E-state index < -0.39 is 5.97 Å². The van der Waals surface area contributed by atoms with Gasteiger partial charge in [-0.25, -0.2) is 0 Å². The maximum Gasteiger partial charge on any atom is 0.317 e. The second-order valence-corrected chi connectivity index (χ2v) is 5.49. The summed E-state index contributed by atoms with van der Waals surface area (Å²) >= 11 is 0. The molecule has 0 spiro atoms. The van der Waals surface area contributed by atoms with Gasteiger partial charge in [0.05, 0.1) is 6.54 Å². The minimum Gasteiger partial charge on any atom is -0.480 e. The number of nitrogens with zero attached hydrogens (tertiary/aromatic N) is 1. The van der Waals surface area contributed by atoms with Crippen molar-refractivity contribution in [2.75, 3.05) is 13.1 Å². The van der Waals surface area contributed by atoms with E-state index in [-0.39, 0.29) is 12.6 Å². The SMILES string of the molecule is CCc1ccc(C(C)N(CC(=O)O)CC(C)C)cc1. The normalized spacial score (nSPS) is 12.9. The molecule has 0 fully saturated rings. The Hall–Kier alpha value is -1.35. The molecular formula is C16H25NO2.